The molecule has 0 saturated heterocycles. The minimum absolute atomic E-state index is 0.0370. The molecule has 1 heterocycles. The van der Waals surface area contributed by atoms with Gasteiger partial charge >= 0.3 is 0 Å². The molecule has 1 aromatic heterocycles. The second-order valence-corrected chi connectivity index (χ2v) is 8.17. The Bertz CT molecular complexity index is 1030. The zero-order chi connectivity index (χ0) is 21.6. The van der Waals surface area contributed by atoms with Crippen LogP contribution in [-0.2, 0) is 6.42 Å². The van der Waals surface area contributed by atoms with Crippen molar-refractivity contribution in [1.29, 1.82) is 0 Å². The van der Waals surface area contributed by atoms with Gasteiger partial charge in [0.1, 0.15) is 5.75 Å². The van der Waals surface area contributed by atoms with Crippen LogP contribution >= 0.6 is 11.6 Å². The first-order valence-corrected chi connectivity index (χ1v) is 11.1. The third-order valence-corrected chi connectivity index (χ3v) is 6.07. The van der Waals surface area contributed by atoms with Gasteiger partial charge in [-0.25, -0.2) is 0 Å². The topological polar surface area (TPSA) is 68.5 Å². The summed E-state index contributed by atoms with van der Waals surface area (Å²) < 4.78 is 10.7. The fraction of sp³-hybridized carbons (Fsp3) is 0.375. The Balaban J connectivity index is 1.50. The molecule has 0 atom stereocenters. The van der Waals surface area contributed by atoms with Crippen LogP contribution in [0.25, 0.3) is 11.4 Å². The van der Waals surface area contributed by atoms with Crippen molar-refractivity contribution < 1.29 is 14.1 Å². The Hall–Kier alpha value is -2.86. The van der Waals surface area contributed by atoms with E-state index in [0.29, 0.717) is 35.3 Å². The molecule has 0 unspecified atom stereocenters. The van der Waals surface area contributed by atoms with E-state index in [1.54, 1.807) is 19.2 Å². The molecule has 1 amide bonds. The van der Waals surface area contributed by atoms with E-state index in [1.165, 1.54) is 6.42 Å². The van der Waals surface area contributed by atoms with Crippen molar-refractivity contribution >= 4 is 17.5 Å². The number of methoxy groups -OCH3 is 1. The number of amides is 1. The van der Waals surface area contributed by atoms with E-state index < -0.39 is 0 Å². The highest BCUT2D eigenvalue weighted by Crippen LogP contribution is 2.27. The number of carbonyl (C=O) groups excluding carboxylic acids is 1. The number of benzene rings is 2. The van der Waals surface area contributed by atoms with Crippen LogP contribution in [0.4, 0.5) is 0 Å². The number of rotatable bonds is 7. The lowest BCUT2D eigenvalue weighted by molar-refractivity contribution is 0.0632. The van der Waals surface area contributed by atoms with Crippen LogP contribution in [0.5, 0.6) is 5.75 Å². The van der Waals surface area contributed by atoms with Crippen molar-refractivity contribution in [3.8, 4) is 17.1 Å². The molecule has 3 aromatic rings. The van der Waals surface area contributed by atoms with Gasteiger partial charge in [0.15, 0.2) is 0 Å². The van der Waals surface area contributed by atoms with E-state index in [1.807, 2.05) is 41.3 Å². The zero-order valence-corrected chi connectivity index (χ0v) is 18.3. The first-order chi connectivity index (χ1) is 15.2. The van der Waals surface area contributed by atoms with Gasteiger partial charge in [-0.05, 0) is 37.1 Å². The zero-order valence-electron chi connectivity index (χ0n) is 17.6. The fourth-order valence-corrected chi connectivity index (χ4v) is 4.30. The first-order valence-electron chi connectivity index (χ1n) is 10.7. The fourth-order valence-electron chi connectivity index (χ4n) is 4.08. The molecule has 2 aromatic carbocycles. The molecule has 0 radical (unpaired) electrons. The smallest absolute Gasteiger partial charge is 0.255 e. The van der Waals surface area contributed by atoms with Gasteiger partial charge in [0.05, 0.1) is 17.7 Å². The summed E-state index contributed by atoms with van der Waals surface area (Å²) in [6.07, 6.45) is 6.00. The molecule has 1 aliphatic carbocycles. The van der Waals surface area contributed by atoms with Crippen LogP contribution < -0.4 is 4.74 Å². The molecule has 4 rings (SSSR count). The second-order valence-electron chi connectivity index (χ2n) is 7.76. The van der Waals surface area contributed by atoms with Crippen molar-refractivity contribution in [2.75, 3.05) is 13.7 Å². The number of halogens is 1. The van der Waals surface area contributed by atoms with Crippen molar-refractivity contribution in [3.05, 3.63) is 65.0 Å². The molecule has 6 nitrogen and oxygen atoms in total. The van der Waals surface area contributed by atoms with Crippen LogP contribution in [0.1, 0.15) is 48.4 Å². The SMILES string of the molecule is COc1cccc(-c2noc(CCN(C(=O)c3ccccc3Cl)C3CCCCC3)n2)c1. The molecule has 7 heteroatoms. The highest BCUT2D eigenvalue weighted by atomic mass is 35.5. The van der Waals surface area contributed by atoms with E-state index in [9.17, 15) is 4.79 Å². The molecule has 1 aliphatic rings. The van der Waals surface area contributed by atoms with E-state index in [0.717, 1.165) is 37.0 Å². The van der Waals surface area contributed by atoms with Crippen LogP contribution in [0, 0.1) is 0 Å². The molecular weight excluding hydrogens is 414 g/mol. The summed E-state index contributed by atoms with van der Waals surface area (Å²) in [5.74, 6) is 1.71. The summed E-state index contributed by atoms with van der Waals surface area (Å²) in [5, 5.41) is 4.58. The lowest BCUT2D eigenvalue weighted by Gasteiger charge is -2.34. The number of carbonyl (C=O) groups is 1. The number of aromatic nitrogens is 2. The number of hydrogen-bond acceptors (Lipinski definition) is 5. The van der Waals surface area contributed by atoms with Crippen LogP contribution in [0.3, 0.4) is 0 Å². The summed E-state index contributed by atoms with van der Waals surface area (Å²) in [7, 11) is 1.62. The van der Waals surface area contributed by atoms with Gasteiger partial charge in [0, 0.05) is 24.6 Å². The van der Waals surface area contributed by atoms with Gasteiger partial charge in [-0.3, -0.25) is 4.79 Å². The molecule has 162 valence electrons. The summed E-state index contributed by atoms with van der Waals surface area (Å²) in [6.45, 7) is 0.508. The molecule has 0 spiro atoms. The normalized spacial score (nSPS) is 14.4. The van der Waals surface area contributed by atoms with Crippen molar-refractivity contribution in [1.82, 2.24) is 15.0 Å². The van der Waals surface area contributed by atoms with Gasteiger partial charge < -0.3 is 14.2 Å². The largest absolute Gasteiger partial charge is 0.497 e. The van der Waals surface area contributed by atoms with E-state index in [2.05, 4.69) is 10.1 Å². The van der Waals surface area contributed by atoms with E-state index >= 15 is 0 Å². The Morgan fingerprint density at radius 3 is 2.74 bits per heavy atom. The van der Waals surface area contributed by atoms with Gasteiger partial charge in [0.2, 0.25) is 11.7 Å². The first kappa shape index (κ1) is 21.4. The van der Waals surface area contributed by atoms with Crippen LogP contribution in [0.2, 0.25) is 5.02 Å². The molecule has 0 aliphatic heterocycles. The number of hydrogen-bond donors (Lipinski definition) is 0. The Morgan fingerprint density at radius 1 is 1.16 bits per heavy atom. The predicted molar refractivity (Wildman–Crippen MR) is 119 cm³/mol. The molecular formula is C24H26ClN3O3. The van der Waals surface area contributed by atoms with Crippen molar-refractivity contribution in [2.24, 2.45) is 0 Å². The summed E-state index contributed by atoms with van der Waals surface area (Å²) in [6, 6.07) is 15.0. The third-order valence-electron chi connectivity index (χ3n) is 5.74. The minimum atomic E-state index is -0.0370. The second kappa shape index (κ2) is 9.96. The van der Waals surface area contributed by atoms with Gasteiger partial charge in [-0.2, -0.15) is 4.98 Å². The highest BCUT2D eigenvalue weighted by molar-refractivity contribution is 6.33. The maximum Gasteiger partial charge on any atom is 0.255 e. The quantitative estimate of drug-likeness (QED) is 0.492. The van der Waals surface area contributed by atoms with Crippen molar-refractivity contribution in [3.63, 3.8) is 0 Å². The van der Waals surface area contributed by atoms with Crippen LogP contribution in [-0.4, -0.2) is 40.6 Å². The lowest BCUT2D eigenvalue weighted by atomic mass is 9.93. The molecule has 0 bridgehead atoms. The Morgan fingerprint density at radius 2 is 1.97 bits per heavy atom. The van der Waals surface area contributed by atoms with Crippen LogP contribution in [0.15, 0.2) is 53.1 Å². The van der Waals surface area contributed by atoms with Gasteiger partial charge in [0.25, 0.3) is 5.91 Å². The lowest BCUT2D eigenvalue weighted by Crippen LogP contribution is -2.42. The average molecular weight is 440 g/mol. The van der Waals surface area contributed by atoms with Crippen molar-refractivity contribution in [2.45, 2.75) is 44.6 Å². The molecule has 0 N–H and O–H groups in total. The standard InChI is InChI=1S/C24H26ClN3O3/c1-30-19-11-7-8-17(16-19)23-26-22(31-27-23)14-15-28(18-9-3-2-4-10-18)24(29)20-12-5-6-13-21(20)25/h5-8,11-13,16,18H,2-4,9-10,14-15H2,1H3. The van der Waals surface area contributed by atoms with E-state index in [4.69, 9.17) is 20.9 Å². The maximum absolute atomic E-state index is 13.3. The average Bonchev–Trinajstić information content (AvgIpc) is 3.29. The minimum Gasteiger partial charge on any atom is -0.497 e. The Labute approximate surface area is 187 Å². The molecule has 1 fully saturated rings. The number of nitrogens with zero attached hydrogens (tertiary/aromatic N) is 3. The maximum atomic E-state index is 13.3. The van der Waals surface area contributed by atoms with Gasteiger partial charge in [-0.1, -0.05) is 60.3 Å². The van der Waals surface area contributed by atoms with Gasteiger partial charge in [-0.15, -0.1) is 0 Å². The number of ether oxygens (including phenoxy) is 1. The Kier molecular flexibility index (Phi) is 6.87. The summed E-state index contributed by atoms with van der Waals surface area (Å²) in [5.41, 5.74) is 1.36. The summed E-state index contributed by atoms with van der Waals surface area (Å²) in [4.78, 5) is 19.8. The van der Waals surface area contributed by atoms with E-state index in [-0.39, 0.29) is 11.9 Å². The third kappa shape index (κ3) is 5.07. The molecule has 31 heavy (non-hydrogen) atoms. The predicted octanol–water partition coefficient (Wildman–Crippen LogP) is 5.42. The molecule has 1 saturated carbocycles. The highest BCUT2D eigenvalue weighted by Gasteiger charge is 2.27. The summed E-state index contributed by atoms with van der Waals surface area (Å²) >= 11 is 6.32. The monoisotopic (exact) mass is 439 g/mol.